The molecule has 1 aromatic carbocycles. The first-order valence-corrected chi connectivity index (χ1v) is 21.5. The fraction of sp³-hybridized carbons (Fsp3) is 0.615. The van der Waals surface area contributed by atoms with Gasteiger partial charge in [-0.15, -0.1) is 0 Å². The van der Waals surface area contributed by atoms with E-state index in [0.717, 1.165) is 19.4 Å². The summed E-state index contributed by atoms with van der Waals surface area (Å²) in [5, 5.41) is 21.5. The molecule has 0 saturated carbocycles. The second-order valence-electron chi connectivity index (χ2n) is 13.9. The molecule has 0 radical (unpaired) electrons. The Labute approximate surface area is 363 Å². The van der Waals surface area contributed by atoms with Crippen molar-refractivity contribution in [3.63, 3.8) is 0 Å². The summed E-state index contributed by atoms with van der Waals surface area (Å²) in [5.41, 5.74) is 5.83. The molecular formula is C39H65N7O15S. The van der Waals surface area contributed by atoms with Crippen LogP contribution in [0.4, 0.5) is 10.5 Å². The van der Waals surface area contributed by atoms with Gasteiger partial charge in [-0.1, -0.05) is 60.6 Å². The van der Waals surface area contributed by atoms with Gasteiger partial charge in [0.25, 0.3) is 10.1 Å². The van der Waals surface area contributed by atoms with E-state index < -0.39 is 82.8 Å². The molecule has 3 unspecified atom stereocenters. The second kappa shape index (κ2) is 33.0. The van der Waals surface area contributed by atoms with Gasteiger partial charge in [-0.25, -0.2) is 4.79 Å². The van der Waals surface area contributed by atoms with Crippen molar-refractivity contribution in [2.24, 2.45) is 17.6 Å². The lowest BCUT2D eigenvalue weighted by molar-refractivity contribution is -0.148. The van der Waals surface area contributed by atoms with E-state index in [4.69, 9.17) is 24.5 Å². The standard InChI is InChI=1S/C23H31N5O10S.C9H18O2.C4H10N2O.C3H6O2/c1-13(2)23(34)37-10-15-4-6-16(7-5-15)26-19(31)9-25-22(33)20-14(3)38-39(35,36)11-17(21(32)28-20)27-18(30)8-24-12-29;1-4-6-11-7-5-9(10)8(2)3;1-2-3-6-4(5)7;1-2-3(4)5/h4-7,12-14,17,20H,8-11H2,1-3H3,(H,24,29)(H,25,33)(H,26,31)(H,27,30)(H,28,32);8H,4-7H2,1-3H3;2-3H2,1H3,(H3,5,6,7);2H2,1H3,(H,4,5). The van der Waals surface area contributed by atoms with Crippen molar-refractivity contribution in [1.82, 2.24) is 26.6 Å². The van der Waals surface area contributed by atoms with Gasteiger partial charge in [-0.3, -0.25) is 42.5 Å². The highest BCUT2D eigenvalue weighted by molar-refractivity contribution is 7.86. The van der Waals surface area contributed by atoms with E-state index in [2.05, 4.69) is 38.8 Å². The molecule has 1 fully saturated rings. The summed E-state index contributed by atoms with van der Waals surface area (Å²) in [4.78, 5) is 102. The van der Waals surface area contributed by atoms with E-state index >= 15 is 0 Å². The van der Waals surface area contributed by atoms with E-state index in [9.17, 15) is 51.6 Å². The minimum atomic E-state index is -4.35. The number of nitrogens with two attached hydrogens (primary N) is 1. The van der Waals surface area contributed by atoms with Gasteiger partial charge in [-0.2, -0.15) is 8.42 Å². The summed E-state index contributed by atoms with van der Waals surface area (Å²) in [6, 6.07) is 2.90. The quantitative estimate of drug-likeness (QED) is 0.0382. The fourth-order valence-corrected chi connectivity index (χ4v) is 5.48. The highest BCUT2D eigenvalue weighted by Gasteiger charge is 2.39. The molecule has 23 heteroatoms. The van der Waals surface area contributed by atoms with E-state index in [-0.39, 0.29) is 37.2 Å². The molecule has 1 heterocycles. The predicted octanol–water partition coefficient (Wildman–Crippen LogP) is 0.479. The Morgan fingerprint density at radius 1 is 0.935 bits per heavy atom. The number of anilines is 1. The number of primary amides is 1. The number of benzene rings is 1. The maximum absolute atomic E-state index is 12.7. The summed E-state index contributed by atoms with van der Waals surface area (Å²) < 4.78 is 39.9. The van der Waals surface area contributed by atoms with Gasteiger partial charge in [-0.05, 0) is 37.5 Å². The molecule has 1 saturated heterocycles. The summed E-state index contributed by atoms with van der Waals surface area (Å²) in [6.07, 6.45) is 1.67. The third-order valence-corrected chi connectivity index (χ3v) is 8.91. The van der Waals surface area contributed by atoms with Crippen molar-refractivity contribution in [3.8, 4) is 0 Å². The number of aliphatic carboxylic acids is 1. The number of carbonyl (C=O) groups excluding carboxylic acids is 8. The Morgan fingerprint density at radius 2 is 1.55 bits per heavy atom. The largest absolute Gasteiger partial charge is 0.481 e. The number of rotatable bonds is 20. The van der Waals surface area contributed by atoms with Crippen molar-refractivity contribution in [3.05, 3.63) is 29.8 Å². The van der Waals surface area contributed by atoms with Crippen molar-refractivity contribution < 1.29 is 70.3 Å². The molecular weight excluding hydrogens is 839 g/mol. The zero-order valence-corrected chi connectivity index (χ0v) is 37.5. The number of amides is 7. The molecule has 1 aromatic rings. The van der Waals surface area contributed by atoms with Crippen molar-refractivity contribution >= 4 is 69.6 Å². The van der Waals surface area contributed by atoms with Crippen LogP contribution >= 0.6 is 0 Å². The number of Topliss-reactive ketones (excluding diaryl/α,β-unsaturated/α-hetero) is 1. The SMILES string of the molecule is CC(C)C(=O)OCc1ccc(NC(=O)CNC(=O)C2NC(=O)C(NC(=O)CNC=O)CS(=O)(=O)OC2C)cc1.CCC(=O)O.CCCNC(N)=O.CCCOCCC(=O)C(C)C. The number of carboxylic acid groups (broad SMARTS) is 1. The number of esters is 1. The van der Waals surface area contributed by atoms with Crippen LogP contribution in [-0.2, 0) is 68.7 Å². The van der Waals surface area contributed by atoms with Gasteiger partial charge in [0.05, 0.1) is 25.6 Å². The molecule has 1 aliphatic rings. The molecule has 0 aromatic heterocycles. The lowest BCUT2D eigenvalue weighted by Gasteiger charge is -2.29. The monoisotopic (exact) mass is 903 g/mol. The van der Waals surface area contributed by atoms with Gasteiger partial charge < -0.3 is 52.2 Å². The summed E-state index contributed by atoms with van der Waals surface area (Å²) in [7, 11) is -4.35. The van der Waals surface area contributed by atoms with Crippen LogP contribution < -0.4 is 37.6 Å². The fourth-order valence-electron chi connectivity index (χ4n) is 4.19. The van der Waals surface area contributed by atoms with E-state index in [1.54, 1.807) is 45.0 Å². The summed E-state index contributed by atoms with van der Waals surface area (Å²) >= 11 is 0. The minimum absolute atomic E-state index is 0.0740. The normalized spacial score (nSPS) is 16.2. The Morgan fingerprint density at radius 3 is 2.03 bits per heavy atom. The van der Waals surface area contributed by atoms with Crippen LogP contribution in [0.3, 0.4) is 0 Å². The Bertz CT molecular complexity index is 1690. The minimum Gasteiger partial charge on any atom is -0.481 e. The van der Waals surface area contributed by atoms with Crippen molar-refractivity contribution in [2.45, 2.75) is 106 Å². The van der Waals surface area contributed by atoms with E-state index in [1.165, 1.54) is 6.92 Å². The third-order valence-electron chi connectivity index (χ3n) is 7.57. The smallest absolute Gasteiger partial charge is 0.312 e. The van der Waals surface area contributed by atoms with E-state index in [1.807, 2.05) is 20.8 Å². The zero-order chi connectivity index (χ0) is 47.8. The van der Waals surface area contributed by atoms with Crippen LogP contribution in [-0.4, -0.2) is 124 Å². The van der Waals surface area contributed by atoms with Gasteiger partial charge in [0.1, 0.15) is 36.3 Å². The molecule has 352 valence electrons. The summed E-state index contributed by atoms with van der Waals surface area (Å²) in [5.74, 6) is -5.13. The van der Waals surface area contributed by atoms with Crippen LogP contribution in [0.15, 0.2) is 24.3 Å². The van der Waals surface area contributed by atoms with Gasteiger partial charge >= 0.3 is 18.0 Å². The highest BCUT2D eigenvalue weighted by Crippen LogP contribution is 2.13. The number of nitrogens with one attached hydrogen (secondary N) is 6. The maximum Gasteiger partial charge on any atom is 0.312 e. The molecule has 0 spiro atoms. The zero-order valence-electron chi connectivity index (χ0n) is 36.7. The number of carboxylic acids is 1. The third kappa shape index (κ3) is 29.5. The molecule has 1 aliphatic heterocycles. The van der Waals surface area contributed by atoms with Crippen LogP contribution in [0.25, 0.3) is 0 Å². The maximum atomic E-state index is 12.7. The lowest BCUT2D eigenvalue weighted by Crippen LogP contribution is -2.62. The average molecular weight is 904 g/mol. The molecule has 62 heavy (non-hydrogen) atoms. The molecule has 3 atom stereocenters. The number of hydrogen-bond donors (Lipinski definition) is 8. The lowest BCUT2D eigenvalue weighted by atomic mass is 10.1. The number of urea groups is 1. The van der Waals surface area contributed by atoms with Crippen molar-refractivity contribution in [2.75, 3.05) is 43.9 Å². The Hall–Kier alpha value is -5.68. The first kappa shape index (κ1) is 58.4. The first-order chi connectivity index (χ1) is 29.0. The predicted molar refractivity (Wildman–Crippen MR) is 226 cm³/mol. The number of carbonyl (C=O) groups is 9. The van der Waals surface area contributed by atoms with Crippen LogP contribution in [0.5, 0.6) is 0 Å². The Balaban J connectivity index is 0. The molecule has 0 aliphatic carbocycles. The molecule has 9 N–H and O–H groups in total. The van der Waals surface area contributed by atoms with Gasteiger partial charge in [0, 0.05) is 37.6 Å². The topological polar surface area (TPSA) is 334 Å². The number of hydrogen-bond acceptors (Lipinski definition) is 14. The molecule has 2 rings (SSSR count). The Kier molecular flexibility index (Phi) is 31.1. The first-order valence-electron chi connectivity index (χ1n) is 19.9. The second-order valence-corrected chi connectivity index (χ2v) is 15.5. The van der Waals surface area contributed by atoms with Crippen LogP contribution in [0.1, 0.15) is 86.6 Å². The van der Waals surface area contributed by atoms with Gasteiger partial charge in [0.2, 0.25) is 30.0 Å². The molecule has 0 bridgehead atoms. The van der Waals surface area contributed by atoms with Crippen molar-refractivity contribution in [1.29, 1.82) is 0 Å². The molecule has 7 amide bonds. The van der Waals surface area contributed by atoms with E-state index in [0.29, 0.717) is 36.6 Å². The summed E-state index contributed by atoms with van der Waals surface area (Å²) in [6.45, 7) is 15.2. The van der Waals surface area contributed by atoms with Crippen LogP contribution in [0, 0.1) is 11.8 Å². The highest BCUT2D eigenvalue weighted by atomic mass is 32.2. The molecule has 22 nitrogen and oxygen atoms in total. The average Bonchev–Trinajstić information content (AvgIpc) is 3.20. The van der Waals surface area contributed by atoms with Crippen LogP contribution in [0.2, 0.25) is 0 Å². The number of ketones is 1. The number of ether oxygens (including phenoxy) is 2. The van der Waals surface area contributed by atoms with Gasteiger partial charge in [0.15, 0.2) is 0 Å².